The summed E-state index contributed by atoms with van der Waals surface area (Å²) in [6.07, 6.45) is 0.664. The number of benzene rings is 2. The zero-order valence-corrected chi connectivity index (χ0v) is 20.5. The molecule has 0 saturated carbocycles. The molecule has 8 heteroatoms. The average Bonchev–Trinajstić information content (AvgIpc) is 3.25. The maximum atomic E-state index is 12.1. The van der Waals surface area contributed by atoms with Crippen LogP contribution in [0.3, 0.4) is 0 Å². The fraction of sp³-hybridized carbons (Fsp3) is 0.346. The van der Waals surface area contributed by atoms with Gasteiger partial charge in [-0.15, -0.1) is 0 Å². The van der Waals surface area contributed by atoms with Crippen LogP contribution in [0.1, 0.15) is 41.2 Å². The summed E-state index contributed by atoms with van der Waals surface area (Å²) >= 11 is 0. The number of carbonyl (C=O) groups excluding carboxylic acids is 1. The van der Waals surface area contributed by atoms with E-state index in [1.807, 2.05) is 39.1 Å². The van der Waals surface area contributed by atoms with Crippen LogP contribution in [0.15, 0.2) is 42.5 Å². The SMILES string of the molecule is CC.CNc1nc2cc(C(=O)OC)ccc2c2c1nc(CCOC)n2Cc1ccc(CN)cc1. The molecule has 8 nitrogen and oxygen atoms in total. The van der Waals surface area contributed by atoms with Crippen LogP contribution in [0.5, 0.6) is 0 Å². The topological polar surface area (TPSA) is 104 Å². The van der Waals surface area contributed by atoms with E-state index in [0.29, 0.717) is 43.0 Å². The summed E-state index contributed by atoms with van der Waals surface area (Å²) in [5.74, 6) is 1.17. The lowest BCUT2D eigenvalue weighted by atomic mass is 10.1. The smallest absolute Gasteiger partial charge is 0.337 e. The standard InChI is InChI=1S/C24H27N5O3.C2H6/c1-26-23-21-22(18-9-8-17(24(30)32-3)12-19(18)27-23)29(20(28-21)10-11-31-2)14-16-6-4-15(13-25)5-7-16;1-2/h4-9,12H,10-11,13-14,25H2,1-3H3,(H,26,27);1-2H3. The molecule has 3 N–H and O–H groups in total. The molecule has 2 heterocycles. The number of pyridine rings is 1. The van der Waals surface area contributed by atoms with Crippen molar-refractivity contribution >= 4 is 33.7 Å². The molecule has 0 aliphatic carbocycles. The van der Waals surface area contributed by atoms with Gasteiger partial charge in [0.1, 0.15) is 11.3 Å². The van der Waals surface area contributed by atoms with Crippen molar-refractivity contribution in [2.24, 2.45) is 5.73 Å². The number of rotatable bonds is 8. The van der Waals surface area contributed by atoms with Gasteiger partial charge >= 0.3 is 5.97 Å². The molecular weight excluding hydrogens is 430 g/mol. The molecule has 0 bridgehead atoms. The quantitative estimate of drug-likeness (QED) is 0.379. The number of hydrogen-bond acceptors (Lipinski definition) is 7. The second-order valence-corrected chi connectivity index (χ2v) is 7.51. The Morgan fingerprint density at radius 3 is 2.38 bits per heavy atom. The second-order valence-electron chi connectivity index (χ2n) is 7.51. The molecule has 2 aromatic carbocycles. The number of esters is 1. The first-order valence-corrected chi connectivity index (χ1v) is 11.4. The number of nitrogens with one attached hydrogen (secondary N) is 1. The van der Waals surface area contributed by atoms with Gasteiger partial charge in [0.2, 0.25) is 0 Å². The predicted octanol–water partition coefficient (Wildman–Crippen LogP) is 4.13. The number of aromatic nitrogens is 3. The van der Waals surface area contributed by atoms with Crippen molar-refractivity contribution in [3.8, 4) is 0 Å². The Morgan fingerprint density at radius 1 is 1.06 bits per heavy atom. The van der Waals surface area contributed by atoms with Gasteiger partial charge in [0.05, 0.1) is 30.3 Å². The van der Waals surface area contributed by atoms with Gasteiger partial charge in [-0.1, -0.05) is 38.1 Å². The van der Waals surface area contributed by atoms with Gasteiger partial charge in [-0.05, 0) is 29.3 Å². The number of hydrogen-bond donors (Lipinski definition) is 2. The van der Waals surface area contributed by atoms with E-state index in [1.54, 1.807) is 19.2 Å². The number of nitrogens with two attached hydrogens (primary N) is 1. The van der Waals surface area contributed by atoms with Crippen molar-refractivity contribution in [3.63, 3.8) is 0 Å². The number of nitrogens with zero attached hydrogens (tertiary/aromatic N) is 3. The van der Waals surface area contributed by atoms with E-state index in [0.717, 1.165) is 33.4 Å². The molecule has 0 aliphatic rings. The third-order valence-corrected chi connectivity index (χ3v) is 5.54. The van der Waals surface area contributed by atoms with Gasteiger partial charge in [0.15, 0.2) is 5.82 Å². The van der Waals surface area contributed by atoms with Crippen LogP contribution in [-0.4, -0.2) is 48.4 Å². The highest BCUT2D eigenvalue weighted by atomic mass is 16.5. The Labute approximate surface area is 200 Å². The van der Waals surface area contributed by atoms with Crippen molar-refractivity contribution in [2.75, 3.05) is 33.2 Å². The van der Waals surface area contributed by atoms with Crippen molar-refractivity contribution < 1.29 is 14.3 Å². The van der Waals surface area contributed by atoms with E-state index in [1.165, 1.54) is 7.11 Å². The highest BCUT2D eigenvalue weighted by molar-refractivity contribution is 6.08. The van der Waals surface area contributed by atoms with Crippen molar-refractivity contribution in [1.29, 1.82) is 0 Å². The zero-order chi connectivity index (χ0) is 24.7. The summed E-state index contributed by atoms with van der Waals surface area (Å²) in [5.41, 5.74) is 10.9. The van der Waals surface area contributed by atoms with Crippen LogP contribution in [0.2, 0.25) is 0 Å². The van der Waals surface area contributed by atoms with Crippen molar-refractivity contribution in [1.82, 2.24) is 14.5 Å². The van der Waals surface area contributed by atoms with Crippen LogP contribution in [0.25, 0.3) is 21.9 Å². The summed E-state index contributed by atoms with van der Waals surface area (Å²) in [5, 5.41) is 4.07. The first-order chi connectivity index (χ1) is 16.6. The fourth-order valence-corrected chi connectivity index (χ4v) is 3.87. The molecule has 0 amide bonds. The lowest BCUT2D eigenvalue weighted by molar-refractivity contribution is 0.0601. The first-order valence-electron chi connectivity index (χ1n) is 11.4. The van der Waals surface area contributed by atoms with Crippen LogP contribution >= 0.6 is 0 Å². The number of imidazole rings is 1. The van der Waals surface area contributed by atoms with E-state index in [2.05, 4.69) is 22.0 Å². The Hall–Kier alpha value is -3.49. The summed E-state index contributed by atoms with van der Waals surface area (Å²) in [6.45, 7) is 5.71. The van der Waals surface area contributed by atoms with Crippen LogP contribution < -0.4 is 11.1 Å². The minimum absolute atomic E-state index is 0.394. The monoisotopic (exact) mass is 463 g/mol. The molecule has 4 aromatic rings. The highest BCUT2D eigenvalue weighted by Crippen LogP contribution is 2.31. The second kappa shape index (κ2) is 11.6. The molecular formula is C26H33N5O3. The summed E-state index contributed by atoms with van der Waals surface area (Å²) in [6, 6.07) is 13.7. The third-order valence-electron chi connectivity index (χ3n) is 5.54. The fourth-order valence-electron chi connectivity index (χ4n) is 3.87. The summed E-state index contributed by atoms with van der Waals surface area (Å²) < 4.78 is 12.4. The van der Waals surface area contributed by atoms with Gasteiger partial charge in [-0.3, -0.25) is 0 Å². The van der Waals surface area contributed by atoms with Gasteiger partial charge < -0.3 is 25.1 Å². The van der Waals surface area contributed by atoms with Crippen molar-refractivity contribution in [3.05, 3.63) is 65.0 Å². The number of ether oxygens (including phenoxy) is 2. The highest BCUT2D eigenvalue weighted by Gasteiger charge is 2.19. The van der Waals surface area contributed by atoms with Gasteiger partial charge in [0.25, 0.3) is 0 Å². The first kappa shape index (κ1) is 25.1. The van der Waals surface area contributed by atoms with Crippen LogP contribution in [-0.2, 0) is 29.0 Å². The summed E-state index contributed by atoms with van der Waals surface area (Å²) in [4.78, 5) is 21.7. The molecule has 0 atom stereocenters. The van der Waals surface area contributed by atoms with Gasteiger partial charge in [-0.2, -0.15) is 0 Å². The van der Waals surface area contributed by atoms with Gasteiger partial charge in [0, 0.05) is 39.1 Å². The Bertz CT molecular complexity index is 1270. The van der Waals surface area contributed by atoms with E-state index in [-0.39, 0.29) is 0 Å². The molecule has 0 aliphatic heterocycles. The Balaban J connectivity index is 0.00000158. The van der Waals surface area contributed by atoms with E-state index in [4.69, 9.17) is 25.2 Å². The third kappa shape index (κ3) is 5.03. The molecule has 0 saturated heterocycles. The molecule has 0 radical (unpaired) electrons. The maximum absolute atomic E-state index is 12.1. The molecule has 180 valence electrons. The maximum Gasteiger partial charge on any atom is 0.337 e. The van der Waals surface area contributed by atoms with Crippen LogP contribution in [0.4, 0.5) is 5.82 Å². The molecule has 0 fully saturated rings. The predicted molar refractivity (Wildman–Crippen MR) is 136 cm³/mol. The average molecular weight is 464 g/mol. The normalized spacial score (nSPS) is 10.8. The molecule has 0 unspecified atom stereocenters. The molecule has 0 spiro atoms. The summed E-state index contributed by atoms with van der Waals surface area (Å²) in [7, 11) is 4.87. The van der Waals surface area contributed by atoms with Crippen LogP contribution in [0, 0.1) is 0 Å². The lowest BCUT2D eigenvalue weighted by Gasteiger charge is -2.12. The lowest BCUT2D eigenvalue weighted by Crippen LogP contribution is -2.08. The molecule has 2 aromatic heterocycles. The minimum atomic E-state index is -0.394. The molecule has 34 heavy (non-hydrogen) atoms. The number of fused-ring (bicyclic) bond motifs is 3. The number of carbonyl (C=O) groups is 1. The van der Waals surface area contributed by atoms with E-state index < -0.39 is 5.97 Å². The van der Waals surface area contributed by atoms with Gasteiger partial charge in [-0.25, -0.2) is 14.8 Å². The number of anilines is 1. The number of methoxy groups -OCH3 is 2. The Morgan fingerprint density at radius 2 is 1.76 bits per heavy atom. The van der Waals surface area contributed by atoms with Crippen molar-refractivity contribution in [2.45, 2.75) is 33.4 Å². The molecule has 4 rings (SSSR count). The van der Waals surface area contributed by atoms with E-state index in [9.17, 15) is 4.79 Å². The zero-order valence-electron chi connectivity index (χ0n) is 20.5. The van der Waals surface area contributed by atoms with E-state index >= 15 is 0 Å². The largest absolute Gasteiger partial charge is 0.465 e. The minimum Gasteiger partial charge on any atom is -0.465 e. The Kier molecular flexibility index (Phi) is 8.56.